The Morgan fingerprint density at radius 2 is 1.86 bits per heavy atom. The summed E-state index contributed by atoms with van der Waals surface area (Å²) in [4.78, 5) is 22.7. The third kappa shape index (κ3) is 6.18. The van der Waals surface area contributed by atoms with E-state index in [4.69, 9.17) is 14.5 Å². The number of aromatic nitrogens is 4. The van der Waals surface area contributed by atoms with Gasteiger partial charge in [0.1, 0.15) is 24.2 Å². The van der Waals surface area contributed by atoms with Crippen LogP contribution in [-0.4, -0.2) is 85.2 Å². The molecule has 2 aromatic heterocycles. The van der Waals surface area contributed by atoms with E-state index in [2.05, 4.69) is 82.8 Å². The van der Waals surface area contributed by atoms with Gasteiger partial charge in [0, 0.05) is 62.9 Å². The van der Waals surface area contributed by atoms with Gasteiger partial charge < -0.3 is 34.5 Å². The molecule has 224 valence electrons. The van der Waals surface area contributed by atoms with Gasteiger partial charge in [-0.05, 0) is 59.2 Å². The molecule has 2 aliphatic heterocycles. The molecule has 2 aromatic carbocycles. The lowest BCUT2D eigenvalue weighted by molar-refractivity contribution is 0.122. The molecule has 0 saturated carbocycles. The summed E-state index contributed by atoms with van der Waals surface area (Å²) in [5, 5.41) is 7.38. The van der Waals surface area contributed by atoms with Crippen LogP contribution in [0.5, 0.6) is 5.75 Å². The number of morpholine rings is 1. The predicted molar refractivity (Wildman–Crippen MR) is 175 cm³/mol. The van der Waals surface area contributed by atoms with Gasteiger partial charge in [-0.25, -0.2) is 4.98 Å². The first-order chi connectivity index (χ1) is 20.7. The molecular weight excluding hydrogens is 631 g/mol. The maximum Gasteiger partial charge on any atom is 0.229 e. The molecule has 13 heteroatoms. The zero-order valence-electron chi connectivity index (χ0n) is 24.5. The van der Waals surface area contributed by atoms with Crippen molar-refractivity contribution in [3.8, 4) is 5.75 Å². The van der Waals surface area contributed by atoms with E-state index < -0.39 is 7.14 Å². The lowest BCUT2D eigenvalue weighted by Gasteiger charge is -2.32. The third-order valence-corrected chi connectivity index (χ3v) is 9.66. The standard InChI is InChI=1S/C30H34BrN8O3P/c1-38-10-7-19(18-38)20-15-24(26(41-2)16-25(20)39-11-13-42-14-12-39)36-30-34-17-21(31)29(37-30)35-23-6-5-22-27(33-9-8-32-22)28(23)43(3,4)40/h5-10,15-17,19H,11-14,18H2,1-4H3,(H2,34,35,36,37). The summed E-state index contributed by atoms with van der Waals surface area (Å²) in [5.41, 5.74) is 5.05. The normalized spacial score (nSPS) is 17.0. The molecular formula is C30H34BrN8O3P. The molecule has 1 atom stereocenters. The van der Waals surface area contributed by atoms with Gasteiger partial charge in [-0.15, -0.1) is 0 Å². The van der Waals surface area contributed by atoms with Gasteiger partial charge in [-0.2, -0.15) is 4.98 Å². The summed E-state index contributed by atoms with van der Waals surface area (Å²) in [7, 11) is 1.01. The molecule has 1 saturated heterocycles. The van der Waals surface area contributed by atoms with Crippen molar-refractivity contribution in [2.45, 2.75) is 5.92 Å². The number of ether oxygens (including phenoxy) is 2. The fourth-order valence-electron chi connectivity index (χ4n) is 5.54. The molecule has 43 heavy (non-hydrogen) atoms. The third-order valence-electron chi connectivity index (χ3n) is 7.55. The summed E-state index contributed by atoms with van der Waals surface area (Å²) in [6.07, 6.45) is 9.28. The number of hydrogen-bond donors (Lipinski definition) is 2. The first-order valence-electron chi connectivity index (χ1n) is 14.0. The van der Waals surface area contributed by atoms with Gasteiger partial charge >= 0.3 is 0 Å². The number of likely N-dealkylation sites (N-methyl/N-ethyl adjacent to an activating group) is 1. The molecule has 0 bridgehead atoms. The van der Waals surface area contributed by atoms with Crippen LogP contribution in [0.1, 0.15) is 11.5 Å². The summed E-state index contributed by atoms with van der Waals surface area (Å²) >= 11 is 3.58. The number of fused-ring (bicyclic) bond motifs is 1. The number of methoxy groups -OCH3 is 1. The van der Waals surface area contributed by atoms with Crippen molar-refractivity contribution in [1.29, 1.82) is 0 Å². The quantitative estimate of drug-likeness (QED) is 0.239. The topological polar surface area (TPSA) is 118 Å². The van der Waals surface area contributed by atoms with Crippen LogP contribution >= 0.6 is 23.1 Å². The van der Waals surface area contributed by atoms with Gasteiger partial charge in [0.05, 0.1) is 47.0 Å². The molecule has 0 radical (unpaired) electrons. The zero-order chi connectivity index (χ0) is 30.1. The van der Waals surface area contributed by atoms with E-state index >= 15 is 0 Å². The van der Waals surface area contributed by atoms with Crippen LogP contribution < -0.4 is 25.6 Å². The van der Waals surface area contributed by atoms with Crippen LogP contribution in [0.3, 0.4) is 0 Å². The van der Waals surface area contributed by atoms with Crippen LogP contribution in [0.4, 0.5) is 28.8 Å². The fourth-order valence-corrected chi connectivity index (χ4v) is 7.23. The smallest absolute Gasteiger partial charge is 0.229 e. The van der Waals surface area contributed by atoms with E-state index in [9.17, 15) is 4.57 Å². The molecule has 6 rings (SSSR count). The molecule has 1 unspecified atom stereocenters. The van der Waals surface area contributed by atoms with Crippen molar-refractivity contribution in [3.63, 3.8) is 0 Å². The average molecular weight is 666 g/mol. The maximum absolute atomic E-state index is 13.4. The lowest BCUT2D eigenvalue weighted by Crippen LogP contribution is -2.37. The van der Waals surface area contributed by atoms with E-state index in [1.54, 1.807) is 39.0 Å². The Hall–Kier alpha value is -3.73. The molecule has 11 nitrogen and oxygen atoms in total. The number of halogens is 1. The fraction of sp³-hybridized carbons (Fsp3) is 0.333. The highest BCUT2D eigenvalue weighted by Gasteiger charge is 2.26. The number of hydrogen-bond acceptors (Lipinski definition) is 11. The maximum atomic E-state index is 13.4. The average Bonchev–Trinajstić information content (AvgIpc) is 3.44. The van der Waals surface area contributed by atoms with Gasteiger partial charge in [-0.1, -0.05) is 6.08 Å². The summed E-state index contributed by atoms with van der Waals surface area (Å²) in [6, 6.07) is 7.95. The SMILES string of the molecule is COc1cc(N2CCOCC2)c(C2C=CN(C)C2)cc1Nc1ncc(Br)c(Nc2ccc3nccnc3c2P(C)(C)=O)n1. The molecule has 2 N–H and O–H groups in total. The van der Waals surface area contributed by atoms with Crippen molar-refractivity contribution in [3.05, 3.63) is 65.2 Å². The molecule has 0 spiro atoms. The number of rotatable bonds is 8. The predicted octanol–water partition coefficient (Wildman–Crippen LogP) is 5.31. The van der Waals surface area contributed by atoms with Gasteiger partial charge in [0.2, 0.25) is 5.95 Å². The number of nitrogens with zero attached hydrogens (tertiary/aromatic N) is 6. The Balaban J connectivity index is 1.36. The van der Waals surface area contributed by atoms with Crippen molar-refractivity contribution in [1.82, 2.24) is 24.8 Å². The van der Waals surface area contributed by atoms with Gasteiger partial charge in [0.15, 0.2) is 0 Å². The molecule has 4 aromatic rings. The van der Waals surface area contributed by atoms with E-state index in [0.717, 1.165) is 31.0 Å². The van der Waals surface area contributed by atoms with Crippen LogP contribution in [0.2, 0.25) is 0 Å². The number of anilines is 5. The number of benzene rings is 2. The second-order valence-electron chi connectivity index (χ2n) is 11.0. The Morgan fingerprint density at radius 3 is 2.58 bits per heavy atom. The van der Waals surface area contributed by atoms with Crippen LogP contribution in [0.15, 0.2) is 59.6 Å². The van der Waals surface area contributed by atoms with Crippen LogP contribution in [-0.2, 0) is 9.30 Å². The highest BCUT2D eigenvalue weighted by atomic mass is 79.9. The number of nitrogens with one attached hydrogen (secondary N) is 2. The Bertz CT molecular complexity index is 1740. The van der Waals surface area contributed by atoms with Crippen molar-refractivity contribution >= 4 is 68.2 Å². The van der Waals surface area contributed by atoms with Crippen LogP contribution in [0.25, 0.3) is 11.0 Å². The van der Waals surface area contributed by atoms with E-state index in [1.165, 1.54) is 5.56 Å². The summed E-state index contributed by atoms with van der Waals surface area (Å²) in [6.45, 7) is 7.39. The van der Waals surface area contributed by atoms with Gasteiger partial charge in [-0.3, -0.25) is 9.97 Å². The highest BCUT2D eigenvalue weighted by molar-refractivity contribution is 9.10. The molecule has 0 amide bonds. The zero-order valence-corrected chi connectivity index (χ0v) is 27.0. The Morgan fingerprint density at radius 1 is 1.07 bits per heavy atom. The second kappa shape index (κ2) is 12.1. The summed E-state index contributed by atoms with van der Waals surface area (Å²) in [5.74, 6) is 1.81. The Kier molecular flexibility index (Phi) is 8.26. The minimum absolute atomic E-state index is 0.227. The minimum atomic E-state index is -2.74. The minimum Gasteiger partial charge on any atom is -0.494 e. The van der Waals surface area contributed by atoms with Crippen molar-refractivity contribution < 1.29 is 14.0 Å². The highest BCUT2D eigenvalue weighted by Crippen LogP contribution is 2.42. The van der Waals surface area contributed by atoms with E-state index in [0.29, 0.717) is 57.2 Å². The second-order valence-corrected chi connectivity index (χ2v) is 15.0. The van der Waals surface area contributed by atoms with Crippen molar-refractivity contribution in [2.24, 2.45) is 0 Å². The first-order valence-corrected chi connectivity index (χ1v) is 17.4. The van der Waals surface area contributed by atoms with E-state index in [1.807, 2.05) is 12.1 Å². The molecule has 4 heterocycles. The first kappa shape index (κ1) is 29.3. The van der Waals surface area contributed by atoms with Gasteiger partial charge in [0.25, 0.3) is 0 Å². The molecule has 1 fully saturated rings. The van der Waals surface area contributed by atoms with E-state index in [-0.39, 0.29) is 5.92 Å². The van der Waals surface area contributed by atoms with Crippen molar-refractivity contribution in [2.75, 3.05) is 75.9 Å². The van der Waals surface area contributed by atoms with Crippen LogP contribution in [0, 0.1) is 0 Å². The monoisotopic (exact) mass is 664 g/mol. The largest absolute Gasteiger partial charge is 0.494 e. The molecule has 0 aliphatic carbocycles. The summed E-state index contributed by atoms with van der Waals surface area (Å²) < 4.78 is 25.5. The molecule has 2 aliphatic rings. The Labute approximate surface area is 259 Å². The lowest BCUT2D eigenvalue weighted by atomic mass is 9.96.